The zero-order valence-corrected chi connectivity index (χ0v) is 14.2. The van der Waals surface area contributed by atoms with Gasteiger partial charge in [0.1, 0.15) is 4.99 Å². The van der Waals surface area contributed by atoms with Crippen LogP contribution in [0.4, 0.5) is 0 Å². The molecule has 2 aromatic carbocycles. The molecule has 0 saturated carbocycles. The number of rotatable bonds is 5. The Balaban J connectivity index is 2.09. The second-order valence-electron chi connectivity index (χ2n) is 6.52. The van der Waals surface area contributed by atoms with Crippen molar-refractivity contribution in [3.63, 3.8) is 0 Å². The summed E-state index contributed by atoms with van der Waals surface area (Å²) in [7, 11) is 0. The van der Waals surface area contributed by atoms with Gasteiger partial charge in [-0.05, 0) is 26.3 Å². The first-order valence-electron chi connectivity index (χ1n) is 7.46. The maximum Gasteiger partial charge on any atom is 0.107 e. The summed E-state index contributed by atoms with van der Waals surface area (Å²) in [4.78, 5) is 0.703. The smallest absolute Gasteiger partial charge is 0.107 e. The standard InChI is InChI=1S/C19H23NOS/c1-18(2,20-17(22)15-10-6-4-7-11-15)14-19(3,21)16-12-8-5-9-13-16/h4-13,21H,14H2,1-3H3,(H,20,22). The Hall–Kier alpha value is -1.71. The van der Waals surface area contributed by atoms with Gasteiger partial charge in [-0.3, -0.25) is 0 Å². The van der Waals surface area contributed by atoms with E-state index in [1.165, 1.54) is 0 Å². The molecule has 0 heterocycles. The van der Waals surface area contributed by atoms with Crippen molar-refractivity contribution in [2.75, 3.05) is 0 Å². The monoisotopic (exact) mass is 313 g/mol. The van der Waals surface area contributed by atoms with Crippen LogP contribution >= 0.6 is 12.2 Å². The Morgan fingerprint density at radius 2 is 1.45 bits per heavy atom. The van der Waals surface area contributed by atoms with Gasteiger partial charge >= 0.3 is 0 Å². The quantitative estimate of drug-likeness (QED) is 0.818. The van der Waals surface area contributed by atoms with Gasteiger partial charge in [-0.25, -0.2) is 0 Å². The fourth-order valence-corrected chi connectivity index (χ4v) is 3.19. The molecule has 0 aliphatic rings. The average Bonchev–Trinajstić information content (AvgIpc) is 2.47. The molecule has 0 spiro atoms. The Labute approximate surface area is 138 Å². The van der Waals surface area contributed by atoms with E-state index >= 15 is 0 Å². The summed E-state index contributed by atoms with van der Waals surface area (Å²) in [6.07, 6.45) is 0.553. The summed E-state index contributed by atoms with van der Waals surface area (Å²) >= 11 is 5.48. The van der Waals surface area contributed by atoms with E-state index in [2.05, 4.69) is 19.2 Å². The minimum absolute atomic E-state index is 0.327. The van der Waals surface area contributed by atoms with Crippen LogP contribution in [0.3, 0.4) is 0 Å². The van der Waals surface area contributed by atoms with Gasteiger partial charge in [-0.1, -0.05) is 72.9 Å². The largest absolute Gasteiger partial charge is 0.385 e. The predicted molar refractivity (Wildman–Crippen MR) is 96.0 cm³/mol. The Bertz CT molecular complexity index is 620. The predicted octanol–water partition coefficient (Wildman–Crippen LogP) is 4.03. The molecule has 116 valence electrons. The van der Waals surface area contributed by atoms with E-state index in [9.17, 15) is 5.11 Å². The molecule has 22 heavy (non-hydrogen) atoms. The molecule has 0 bridgehead atoms. The molecule has 2 rings (SSSR count). The van der Waals surface area contributed by atoms with Crippen molar-refractivity contribution in [1.29, 1.82) is 0 Å². The molecule has 1 unspecified atom stereocenters. The van der Waals surface area contributed by atoms with Crippen molar-refractivity contribution in [3.05, 3.63) is 71.8 Å². The van der Waals surface area contributed by atoms with Gasteiger partial charge in [0.25, 0.3) is 0 Å². The van der Waals surface area contributed by atoms with E-state index in [0.717, 1.165) is 11.1 Å². The first-order chi connectivity index (χ1) is 10.3. The van der Waals surface area contributed by atoms with Crippen molar-refractivity contribution in [3.8, 4) is 0 Å². The van der Waals surface area contributed by atoms with E-state index < -0.39 is 5.60 Å². The maximum atomic E-state index is 10.8. The van der Waals surface area contributed by atoms with Gasteiger partial charge in [0.05, 0.1) is 5.60 Å². The Morgan fingerprint density at radius 1 is 0.955 bits per heavy atom. The highest BCUT2D eigenvalue weighted by molar-refractivity contribution is 7.80. The Morgan fingerprint density at radius 3 is 2.00 bits per heavy atom. The first-order valence-corrected chi connectivity index (χ1v) is 7.86. The molecular weight excluding hydrogens is 290 g/mol. The van der Waals surface area contributed by atoms with Gasteiger partial charge in [-0.15, -0.1) is 0 Å². The molecule has 0 aromatic heterocycles. The van der Waals surface area contributed by atoms with Crippen LogP contribution in [0, 0.1) is 0 Å². The fraction of sp³-hybridized carbons (Fsp3) is 0.316. The third-order valence-electron chi connectivity index (χ3n) is 3.67. The molecule has 0 amide bonds. The first kappa shape index (κ1) is 16.7. The topological polar surface area (TPSA) is 32.3 Å². The summed E-state index contributed by atoms with van der Waals surface area (Å²) in [5, 5.41) is 14.2. The van der Waals surface area contributed by atoms with Gasteiger partial charge in [-0.2, -0.15) is 0 Å². The summed E-state index contributed by atoms with van der Waals surface area (Å²) in [6, 6.07) is 19.6. The molecule has 2 nitrogen and oxygen atoms in total. The lowest BCUT2D eigenvalue weighted by Gasteiger charge is -2.35. The number of hydrogen-bond acceptors (Lipinski definition) is 2. The number of hydrogen-bond donors (Lipinski definition) is 2. The van der Waals surface area contributed by atoms with Gasteiger partial charge in [0, 0.05) is 17.5 Å². The highest BCUT2D eigenvalue weighted by Crippen LogP contribution is 2.30. The number of benzene rings is 2. The summed E-state index contributed by atoms with van der Waals surface area (Å²) in [6.45, 7) is 5.95. The third-order valence-corrected chi connectivity index (χ3v) is 4.01. The average molecular weight is 313 g/mol. The highest BCUT2D eigenvalue weighted by Gasteiger charge is 2.32. The third kappa shape index (κ3) is 4.39. The van der Waals surface area contributed by atoms with Gasteiger partial charge in [0.2, 0.25) is 0 Å². The number of aliphatic hydroxyl groups is 1. The van der Waals surface area contributed by atoms with Crippen LogP contribution in [-0.2, 0) is 5.60 Å². The molecule has 2 aromatic rings. The van der Waals surface area contributed by atoms with Crippen molar-refractivity contribution < 1.29 is 5.11 Å². The zero-order valence-electron chi connectivity index (χ0n) is 13.3. The second kappa shape index (κ2) is 6.59. The van der Waals surface area contributed by atoms with Crippen LogP contribution in [0.1, 0.15) is 38.3 Å². The van der Waals surface area contributed by atoms with Crippen molar-refractivity contribution in [2.45, 2.75) is 38.3 Å². The molecule has 2 N–H and O–H groups in total. The van der Waals surface area contributed by atoms with Crippen molar-refractivity contribution in [1.82, 2.24) is 5.32 Å². The SMILES string of the molecule is CC(C)(CC(C)(O)c1ccccc1)NC(=S)c1ccccc1. The molecule has 0 fully saturated rings. The molecule has 0 saturated heterocycles. The van der Waals surface area contributed by atoms with E-state index in [1.807, 2.05) is 67.6 Å². The fourth-order valence-electron chi connectivity index (χ4n) is 2.77. The molecule has 0 radical (unpaired) electrons. The lowest BCUT2D eigenvalue weighted by Crippen LogP contribution is -2.47. The second-order valence-corrected chi connectivity index (χ2v) is 6.93. The number of thiocarbonyl (C=S) groups is 1. The molecular formula is C19H23NOS. The molecule has 3 heteroatoms. The van der Waals surface area contributed by atoms with Gasteiger partial charge in [0.15, 0.2) is 0 Å². The lowest BCUT2D eigenvalue weighted by atomic mass is 9.83. The zero-order chi connectivity index (χ0) is 16.2. The minimum atomic E-state index is -0.913. The lowest BCUT2D eigenvalue weighted by molar-refractivity contribution is 0.0258. The molecule has 0 aliphatic heterocycles. The van der Waals surface area contributed by atoms with Crippen molar-refractivity contribution in [2.24, 2.45) is 0 Å². The van der Waals surface area contributed by atoms with Crippen LogP contribution in [0.2, 0.25) is 0 Å². The van der Waals surface area contributed by atoms with E-state index in [4.69, 9.17) is 12.2 Å². The van der Waals surface area contributed by atoms with E-state index in [-0.39, 0.29) is 5.54 Å². The maximum absolute atomic E-state index is 10.8. The normalized spacial score (nSPS) is 14.2. The van der Waals surface area contributed by atoms with E-state index in [0.29, 0.717) is 11.4 Å². The van der Waals surface area contributed by atoms with Crippen LogP contribution in [0.25, 0.3) is 0 Å². The summed E-state index contributed by atoms with van der Waals surface area (Å²) < 4.78 is 0. The summed E-state index contributed by atoms with van der Waals surface area (Å²) in [5.74, 6) is 0. The van der Waals surface area contributed by atoms with Crippen LogP contribution in [0.15, 0.2) is 60.7 Å². The minimum Gasteiger partial charge on any atom is -0.385 e. The van der Waals surface area contributed by atoms with Crippen LogP contribution in [-0.4, -0.2) is 15.6 Å². The number of nitrogens with one attached hydrogen (secondary N) is 1. The van der Waals surface area contributed by atoms with E-state index in [1.54, 1.807) is 0 Å². The Kier molecular flexibility index (Phi) is 4.99. The van der Waals surface area contributed by atoms with Gasteiger partial charge < -0.3 is 10.4 Å². The van der Waals surface area contributed by atoms with Crippen LogP contribution < -0.4 is 5.32 Å². The highest BCUT2D eigenvalue weighted by atomic mass is 32.1. The van der Waals surface area contributed by atoms with Crippen molar-refractivity contribution >= 4 is 17.2 Å². The summed E-state index contributed by atoms with van der Waals surface area (Å²) in [5.41, 5.74) is 0.663. The molecule has 1 atom stereocenters. The van der Waals surface area contributed by atoms with Crippen LogP contribution in [0.5, 0.6) is 0 Å². The molecule has 0 aliphatic carbocycles.